The Bertz CT molecular complexity index is 267. The van der Waals surface area contributed by atoms with Gasteiger partial charge in [0, 0.05) is 12.5 Å². The fraction of sp³-hybridized carbons (Fsp3) is 0.929. The Kier molecular flexibility index (Phi) is 4.35. The Morgan fingerprint density at radius 3 is 2.41 bits per heavy atom. The second kappa shape index (κ2) is 5.60. The Morgan fingerprint density at radius 2 is 1.88 bits per heavy atom. The Labute approximate surface area is 109 Å². The average molecular weight is 258 g/mol. The summed E-state index contributed by atoms with van der Waals surface area (Å²) in [5, 5.41) is 3.14. The van der Waals surface area contributed by atoms with Crippen molar-refractivity contribution in [3.63, 3.8) is 0 Å². The number of carbonyl (C=O) groups is 1. The zero-order valence-electron chi connectivity index (χ0n) is 10.9. The van der Waals surface area contributed by atoms with E-state index >= 15 is 0 Å². The molecular weight excluding hydrogens is 234 g/mol. The molecule has 2 aliphatic carbocycles. The minimum absolute atomic E-state index is 0.0903. The van der Waals surface area contributed by atoms with Crippen LogP contribution in [-0.2, 0) is 4.79 Å². The van der Waals surface area contributed by atoms with Crippen molar-refractivity contribution in [2.24, 2.45) is 23.7 Å². The number of carbonyl (C=O) groups excluding carboxylic acids is 1. The molecule has 3 unspecified atom stereocenters. The molecule has 0 spiro atoms. The van der Waals surface area contributed by atoms with E-state index in [-0.39, 0.29) is 11.3 Å². The van der Waals surface area contributed by atoms with E-state index in [1.54, 1.807) is 0 Å². The molecule has 17 heavy (non-hydrogen) atoms. The number of hydrogen-bond donors (Lipinski definition) is 1. The van der Waals surface area contributed by atoms with Gasteiger partial charge in [-0.25, -0.2) is 0 Å². The lowest BCUT2D eigenvalue weighted by molar-refractivity contribution is -0.123. The lowest BCUT2D eigenvalue weighted by Gasteiger charge is -2.19. The Hall–Kier alpha value is -0.240. The van der Waals surface area contributed by atoms with E-state index in [9.17, 15) is 4.79 Å². The highest BCUT2D eigenvalue weighted by Crippen LogP contribution is 2.57. The van der Waals surface area contributed by atoms with Crippen molar-refractivity contribution in [2.75, 3.05) is 6.54 Å². The van der Waals surface area contributed by atoms with E-state index in [2.05, 4.69) is 19.2 Å². The van der Waals surface area contributed by atoms with Gasteiger partial charge in [0.15, 0.2) is 0 Å². The third-order valence-electron chi connectivity index (χ3n) is 4.74. The van der Waals surface area contributed by atoms with E-state index in [4.69, 9.17) is 11.6 Å². The molecule has 2 fully saturated rings. The number of nitrogens with one attached hydrogen (secondary N) is 1. The molecule has 98 valence electrons. The maximum Gasteiger partial charge on any atom is 0.223 e. The molecule has 1 amide bonds. The first-order valence-electron chi connectivity index (χ1n) is 7.10. The maximum atomic E-state index is 12.0. The number of rotatable bonds is 6. The van der Waals surface area contributed by atoms with Gasteiger partial charge in [0.25, 0.3) is 0 Å². The molecule has 1 N–H and O–H groups in total. The summed E-state index contributed by atoms with van der Waals surface area (Å²) in [5.74, 6) is 2.52. The topological polar surface area (TPSA) is 29.1 Å². The van der Waals surface area contributed by atoms with Gasteiger partial charge >= 0.3 is 0 Å². The van der Waals surface area contributed by atoms with E-state index in [0.29, 0.717) is 30.2 Å². The van der Waals surface area contributed by atoms with Crippen LogP contribution in [0.4, 0.5) is 0 Å². The van der Waals surface area contributed by atoms with Gasteiger partial charge in [0.1, 0.15) is 0 Å². The molecular formula is C14H24ClNO. The summed E-state index contributed by atoms with van der Waals surface area (Å²) in [6, 6.07) is 0. The number of halogens is 1. The molecule has 2 rings (SSSR count). The first-order valence-corrected chi connectivity index (χ1v) is 7.54. The lowest BCUT2D eigenvalue weighted by Crippen LogP contribution is -2.34. The van der Waals surface area contributed by atoms with Crippen molar-refractivity contribution in [3.8, 4) is 0 Å². The molecule has 0 aromatic carbocycles. The summed E-state index contributed by atoms with van der Waals surface area (Å²) in [5.41, 5.74) is 0. The van der Waals surface area contributed by atoms with Crippen LogP contribution in [0.15, 0.2) is 0 Å². The van der Waals surface area contributed by atoms with Gasteiger partial charge in [-0.2, -0.15) is 0 Å². The van der Waals surface area contributed by atoms with Crippen molar-refractivity contribution in [1.82, 2.24) is 5.32 Å². The Balaban J connectivity index is 1.70. The first kappa shape index (κ1) is 13.2. The predicted octanol–water partition coefficient (Wildman–Crippen LogP) is 3.19. The van der Waals surface area contributed by atoms with Crippen LogP contribution in [0.5, 0.6) is 0 Å². The van der Waals surface area contributed by atoms with Crippen LogP contribution >= 0.6 is 11.6 Å². The molecule has 0 aromatic rings. The summed E-state index contributed by atoms with van der Waals surface area (Å²) in [6.45, 7) is 4.97. The third-order valence-corrected chi connectivity index (χ3v) is 5.25. The smallest absolute Gasteiger partial charge is 0.223 e. The molecule has 0 aromatic heterocycles. The molecule has 3 atom stereocenters. The first-order chi connectivity index (χ1) is 8.19. The standard InChI is InChI=1S/C14H24ClNO/c1-3-9(4-2)12(15)8-16-14(17)13-10-6-5-7-11(10)13/h9-13H,3-8H2,1-2H3,(H,16,17). The second-order valence-electron chi connectivity index (χ2n) is 5.62. The van der Waals surface area contributed by atoms with Crippen molar-refractivity contribution < 1.29 is 4.79 Å². The fourth-order valence-electron chi connectivity index (χ4n) is 3.49. The monoisotopic (exact) mass is 257 g/mol. The van der Waals surface area contributed by atoms with Crippen molar-refractivity contribution in [3.05, 3.63) is 0 Å². The van der Waals surface area contributed by atoms with E-state index in [0.717, 1.165) is 12.8 Å². The van der Waals surface area contributed by atoms with Crippen molar-refractivity contribution in [2.45, 2.75) is 51.3 Å². The number of fused-ring (bicyclic) bond motifs is 1. The molecule has 0 radical (unpaired) electrons. The number of amides is 1. The van der Waals surface area contributed by atoms with Crippen LogP contribution < -0.4 is 5.32 Å². The van der Waals surface area contributed by atoms with Crippen molar-refractivity contribution >= 4 is 17.5 Å². The average Bonchev–Trinajstić information content (AvgIpc) is 2.81. The van der Waals surface area contributed by atoms with Gasteiger partial charge in [0.2, 0.25) is 5.91 Å². The third kappa shape index (κ3) is 2.78. The van der Waals surface area contributed by atoms with Crippen LogP contribution in [0, 0.1) is 23.7 Å². The molecule has 2 nitrogen and oxygen atoms in total. The van der Waals surface area contributed by atoms with E-state index in [1.807, 2.05) is 0 Å². The van der Waals surface area contributed by atoms with Crippen LogP contribution in [0.2, 0.25) is 0 Å². The summed E-state index contributed by atoms with van der Waals surface area (Å²) >= 11 is 6.32. The molecule has 0 aliphatic heterocycles. The van der Waals surface area contributed by atoms with E-state index in [1.165, 1.54) is 19.3 Å². The van der Waals surface area contributed by atoms with E-state index < -0.39 is 0 Å². The minimum Gasteiger partial charge on any atom is -0.354 e. The van der Waals surface area contributed by atoms with Gasteiger partial charge < -0.3 is 5.32 Å². The van der Waals surface area contributed by atoms with Gasteiger partial charge in [0.05, 0.1) is 5.38 Å². The minimum atomic E-state index is 0.0903. The zero-order chi connectivity index (χ0) is 12.4. The summed E-state index contributed by atoms with van der Waals surface area (Å²) < 4.78 is 0. The normalized spacial score (nSPS) is 32.4. The molecule has 3 heteroatoms. The Morgan fingerprint density at radius 1 is 1.29 bits per heavy atom. The van der Waals surface area contributed by atoms with Gasteiger partial charge in [-0.05, 0) is 30.6 Å². The molecule has 0 heterocycles. The summed E-state index contributed by atoms with van der Waals surface area (Å²) in [4.78, 5) is 12.0. The second-order valence-corrected chi connectivity index (χ2v) is 6.18. The lowest BCUT2D eigenvalue weighted by atomic mass is 9.99. The number of hydrogen-bond acceptors (Lipinski definition) is 1. The fourth-order valence-corrected chi connectivity index (χ4v) is 3.93. The van der Waals surface area contributed by atoms with Crippen LogP contribution in [0.25, 0.3) is 0 Å². The molecule has 2 aliphatic rings. The highest BCUT2D eigenvalue weighted by molar-refractivity contribution is 6.21. The summed E-state index contributed by atoms with van der Waals surface area (Å²) in [6.07, 6.45) is 6.04. The SMILES string of the molecule is CCC(CC)C(Cl)CNC(=O)C1C2CCCC21. The van der Waals surface area contributed by atoms with Crippen molar-refractivity contribution in [1.29, 1.82) is 0 Å². The predicted molar refractivity (Wildman–Crippen MR) is 71.0 cm³/mol. The number of alkyl halides is 1. The quantitative estimate of drug-likeness (QED) is 0.728. The molecule has 0 saturated heterocycles. The maximum absolute atomic E-state index is 12.0. The van der Waals surface area contributed by atoms with Gasteiger partial charge in [-0.3, -0.25) is 4.79 Å². The highest BCUT2D eigenvalue weighted by atomic mass is 35.5. The largest absolute Gasteiger partial charge is 0.354 e. The molecule has 2 saturated carbocycles. The summed E-state index contributed by atoms with van der Waals surface area (Å²) in [7, 11) is 0. The van der Waals surface area contributed by atoms with Gasteiger partial charge in [-0.1, -0.05) is 33.1 Å². The van der Waals surface area contributed by atoms with Crippen LogP contribution in [0.3, 0.4) is 0 Å². The van der Waals surface area contributed by atoms with Crippen LogP contribution in [-0.4, -0.2) is 17.8 Å². The van der Waals surface area contributed by atoms with Gasteiger partial charge in [-0.15, -0.1) is 11.6 Å². The zero-order valence-corrected chi connectivity index (χ0v) is 11.7. The van der Waals surface area contributed by atoms with Crippen LogP contribution in [0.1, 0.15) is 46.0 Å². The highest BCUT2D eigenvalue weighted by Gasteiger charge is 2.56. The molecule has 0 bridgehead atoms.